The van der Waals surface area contributed by atoms with E-state index < -0.39 is 5.97 Å². The minimum absolute atomic E-state index is 0.00800. The summed E-state index contributed by atoms with van der Waals surface area (Å²) in [6.45, 7) is 2.66. The molecule has 1 rings (SSSR count). The fourth-order valence-corrected chi connectivity index (χ4v) is 2.22. The first-order valence-electron chi connectivity index (χ1n) is 8.68. The summed E-state index contributed by atoms with van der Waals surface area (Å²) in [5.41, 5.74) is 0.507. The van der Waals surface area contributed by atoms with Gasteiger partial charge in [-0.15, -0.1) is 0 Å². The third-order valence-corrected chi connectivity index (χ3v) is 3.64. The molecule has 0 atom stereocenters. The highest BCUT2D eigenvalue weighted by atomic mass is 19.1. The van der Waals surface area contributed by atoms with Gasteiger partial charge in [-0.1, -0.05) is 50.8 Å². The number of carbonyl (C=O) groups is 2. The Kier molecular flexibility index (Phi) is 10.5. The molecule has 0 bridgehead atoms. The topological polar surface area (TPSA) is 52.6 Å². The van der Waals surface area contributed by atoms with Gasteiger partial charge in [-0.3, -0.25) is 9.59 Å². The summed E-state index contributed by atoms with van der Waals surface area (Å²) in [4.78, 5) is 23.0. The van der Waals surface area contributed by atoms with E-state index in [2.05, 4.69) is 6.92 Å². The van der Waals surface area contributed by atoms with Crippen molar-refractivity contribution in [2.24, 2.45) is 0 Å². The molecule has 0 aliphatic carbocycles. The van der Waals surface area contributed by atoms with E-state index in [9.17, 15) is 14.0 Å². The van der Waals surface area contributed by atoms with Crippen molar-refractivity contribution in [3.8, 4) is 0 Å². The summed E-state index contributed by atoms with van der Waals surface area (Å²) < 4.78 is 23.5. The highest BCUT2D eigenvalue weighted by Gasteiger charge is 2.09. The van der Waals surface area contributed by atoms with Gasteiger partial charge in [-0.05, 0) is 18.1 Å². The quantitative estimate of drug-likeness (QED) is 0.423. The molecule has 0 fully saturated rings. The number of hydrogen-bond acceptors (Lipinski definition) is 4. The number of esters is 2. The van der Waals surface area contributed by atoms with Crippen LogP contribution in [0.15, 0.2) is 24.3 Å². The predicted molar refractivity (Wildman–Crippen MR) is 90.0 cm³/mol. The van der Waals surface area contributed by atoms with Crippen LogP contribution in [0, 0.1) is 5.82 Å². The Morgan fingerprint density at radius 3 is 2.21 bits per heavy atom. The first kappa shape index (κ1) is 20.1. The van der Waals surface area contributed by atoms with Gasteiger partial charge in [0.15, 0.2) is 0 Å². The van der Waals surface area contributed by atoms with E-state index in [4.69, 9.17) is 9.47 Å². The summed E-state index contributed by atoms with van der Waals surface area (Å²) in [5, 5.41) is 0. The lowest BCUT2D eigenvalue weighted by atomic mass is 10.1. The third-order valence-electron chi connectivity index (χ3n) is 3.64. The molecule has 0 radical (unpaired) electrons. The summed E-state index contributed by atoms with van der Waals surface area (Å²) in [5.74, 6) is -1.15. The molecule has 4 nitrogen and oxygen atoms in total. The molecule has 1 aromatic carbocycles. The number of ether oxygens (including phenoxy) is 2. The van der Waals surface area contributed by atoms with E-state index in [-0.39, 0.29) is 31.2 Å². The van der Waals surface area contributed by atoms with Crippen molar-refractivity contribution in [3.05, 3.63) is 35.6 Å². The second kappa shape index (κ2) is 12.5. The summed E-state index contributed by atoms with van der Waals surface area (Å²) >= 11 is 0. The van der Waals surface area contributed by atoms with Crippen molar-refractivity contribution in [2.45, 2.75) is 58.3 Å². The van der Waals surface area contributed by atoms with Gasteiger partial charge in [0.05, 0.1) is 26.1 Å². The molecule has 134 valence electrons. The van der Waals surface area contributed by atoms with Crippen molar-refractivity contribution >= 4 is 11.9 Å². The van der Waals surface area contributed by atoms with Gasteiger partial charge in [0.1, 0.15) is 5.82 Å². The fraction of sp³-hybridized carbons (Fsp3) is 0.579. The molecule has 0 heterocycles. The van der Waals surface area contributed by atoms with Crippen molar-refractivity contribution in [1.29, 1.82) is 0 Å². The SMILES string of the molecule is CCCCCCCOC(=O)CCC(=O)OCCc1ccccc1F. The van der Waals surface area contributed by atoms with Crippen molar-refractivity contribution in [2.75, 3.05) is 13.2 Å². The van der Waals surface area contributed by atoms with Crippen LogP contribution < -0.4 is 0 Å². The Morgan fingerprint density at radius 1 is 0.917 bits per heavy atom. The van der Waals surface area contributed by atoms with Crippen molar-refractivity contribution < 1.29 is 23.5 Å². The van der Waals surface area contributed by atoms with Crippen LogP contribution in [0.5, 0.6) is 0 Å². The molecule has 0 spiro atoms. The highest BCUT2D eigenvalue weighted by molar-refractivity contribution is 5.77. The molecule has 0 amide bonds. The highest BCUT2D eigenvalue weighted by Crippen LogP contribution is 2.07. The molecule has 0 saturated carbocycles. The zero-order chi connectivity index (χ0) is 17.6. The minimum Gasteiger partial charge on any atom is -0.466 e. The molecule has 0 unspecified atom stereocenters. The smallest absolute Gasteiger partial charge is 0.306 e. The average Bonchev–Trinajstić information content (AvgIpc) is 2.58. The molecule has 0 aliphatic rings. The molecule has 0 aromatic heterocycles. The maximum Gasteiger partial charge on any atom is 0.306 e. The molecular formula is C19H27FO4. The van der Waals surface area contributed by atoms with Crippen LogP contribution in [0.4, 0.5) is 4.39 Å². The Hall–Kier alpha value is -1.91. The average molecular weight is 338 g/mol. The predicted octanol–water partition coefficient (Wildman–Crippen LogP) is 4.21. The van der Waals surface area contributed by atoms with Crippen LogP contribution in [-0.2, 0) is 25.5 Å². The molecule has 24 heavy (non-hydrogen) atoms. The Labute approximate surface area is 143 Å². The lowest BCUT2D eigenvalue weighted by molar-refractivity contribution is -0.150. The van der Waals surface area contributed by atoms with E-state index in [1.807, 2.05) is 0 Å². The summed E-state index contributed by atoms with van der Waals surface area (Å²) in [6, 6.07) is 6.37. The van der Waals surface area contributed by atoms with Crippen LogP contribution in [0.2, 0.25) is 0 Å². The number of carbonyl (C=O) groups excluding carboxylic acids is 2. The van der Waals surface area contributed by atoms with Crippen LogP contribution >= 0.6 is 0 Å². The van der Waals surface area contributed by atoms with E-state index in [1.54, 1.807) is 18.2 Å². The first-order chi connectivity index (χ1) is 11.6. The maximum atomic E-state index is 13.4. The molecule has 0 saturated heterocycles. The van der Waals surface area contributed by atoms with Crippen molar-refractivity contribution in [3.63, 3.8) is 0 Å². The zero-order valence-corrected chi connectivity index (χ0v) is 14.4. The lowest BCUT2D eigenvalue weighted by Crippen LogP contribution is -2.12. The Balaban J connectivity index is 2.04. The van der Waals surface area contributed by atoms with Crippen molar-refractivity contribution in [1.82, 2.24) is 0 Å². The first-order valence-corrected chi connectivity index (χ1v) is 8.68. The van der Waals surface area contributed by atoms with Gasteiger partial charge in [-0.2, -0.15) is 0 Å². The van der Waals surface area contributed by atoms with E-state index in [0.29, 0.717) is 18.6 Å². The van der Waals surface area contributed by atoms with Gasteiger partial charge in [0, 0.05) is 6.42 Å². The Morgan fingerprint density at radius 2 is 1.54 bits per heavy atom. The summed E-state index contributed by atoms with van der Waals surface area (Å²) in [7, 11) is 0. The zero-order valence-electron chi connectivity index (χ0n) is 14.4. The van der Waals surface area contributed by atoms with Gasteiger partial charge >= 0.3 is 11.9 Å². The van der Waals surface area contributed by atoms with Crippen LogP contribution in [-0.4, -0.2) is 25.2 Å². The summed E-state index contributed by atoms with van der Waals surface area (Å²) in [6.07, 6.45) is 5.78. The normalized spacial score (nSPS) is 10.4. The second-order valence-electron chi connectivity index (χ2n) is 5.70. The number of unbranched alkanes of at least 4 members (excludes halogenated alkanes) is 4. The number of halogens is 1. The molecule has 0 aliphatic heterocycles. The second-order valence-corrected chi connectivity index (χ2v) is 5.70. The number of hydrogen-bond donors (Lipinski definition) is 0. The largest absolute Gasteiger partial charge is 0.466 e. The van der Waals surface area contributed by atoms with E-state index >= 15 is 0 Å². The number of rotatable bonds is 12. The van der Waals surface area contributed by atoms with E-state index in [1.165, 1.54) is 18.9 Å². The minimum atomic E-state index is -0.466. The fourth-order valence-electron chi connectivity index (χ4n) is 2.22. The third kappa shape index (κ3) is 9.28. The molecular weight excluding hydrogens is 311 g/mol. The van der Waals surface area contributed by atoms with Gasteiger partial charge < -0.3 is 9.47 Å². The molecule has 0 N–H and O–H groups in total. The van der Waals surface area contributed by atoms with E-state index in [0.717, 1.165) is 19.3 Å². The lowest BCUT2D eigenvalue weighted by Gasteiger charge is -2.06. The monoisotopic (exact) mass is 338 g/mol. The molecule has 1 aromatic rings. The van der Waals surface area contributed by atoms with Crippen LogP contribution in [0.1, 0.15) is 57.4 Å². The Bertz CT molecular complexity index is 502. The molecule has 5 heteroatoms. The van der Waals surface area contributed by atoms with Gasteiger partial charge in [0.25, 0.3) is 0 Å². The van der Waals surface area contributed by atoms with Gasteiger partial charge in [-0.25, -0.2) is 4.39 Å². The van der Waals surface area contributed by atoms with Crippen LogP contribution in [0.25, 0.3) is 0 Å². The standard InChI is InChI=1S/C19H27FO4/c1-2-3-4-5-8-14-23-18(21)11-12-19(22)24-15-13-16-9-6-7-10-17(16)20/h6-7,9-10H,2-5,8,11-15H2,1H3. The number of benzene rings is 1. The maximum absolute atomic E-state index is 13.4. The van der Waals surface area contributed by atoms with Crippen LogP contribution in [0.3, 0.4) is 0 Å². The van der Waals surface area contributed by atoms with Gasteiger partial charge in [0.2, 0.25) is 0 Å².